The second-order valence-corrected chi connectivity index (χ2v) is 11.9. The molecule has 2 aliphatic heterocycles. The number of hydrogen-bond donors (Lipinski definition) is 2. The summed E-state index contributed by atoms with van der Waals surface area (Å²) in [7, 11) is -3.55. The third-order valence-corrected chi connectivity index (χ3v) is 9.20. The van der Waals surface area contributed by atoms with Gasteiger partial charge in [0, 0.05) is 37.4 Å². The van der Waals surface area contributed by atoms with Gasteiger partial charge in [-0.15, -0.1) is 0 Å². The van der Waals surface area contributed by atoms with Crippen LogP contribution in [-0.4, -0.2) is 81.6 Å². The highest BCUT2D eigenvalue weighted by molar-refractivity contribution is 7.89. The zero-order valence-electron chi connectivity index (χ0n) is 20.6. The minimum absolute atomic E-state index is 0.233. The molecule has 2 saturated heterocycles. The van der Waals surface area contributed by atoms with Crippen LogP contribution in [0.25, 0.3) is 11.3 Å². The molecule has 0 aliphatic carbocycles. The molecule has 3 aromatic rings. The largest absolute Gasteiger partial charge is 0.379 e. The molecule has 1 aromatic heterocycles. The quantitative estimate of drug-likeness (QED) is 0.251. The van der Waals surface area contributed by atoms with Crippen LogP contribution in [0.1, 0.15) is 4.88 Å². The van der Waals surface area contributed by atoms with Crippen LogP contribution in [-0.2, 0) is 19.5 Å². The number of nitrogens with one attached hydrogen (secondary N) is 2. The van der Waals surface area contributed by atoms with E-state index in [9.17, 15) is 8.42 Å². The fraction of sp³-hybridized carbons (Fsp3) is 0.320. The summed E-state index contributed by atoms with van der Waals surface area (Å²) in [6, 6.07) is 16.5. The van der Waals surface area contributed by atoms with Gasteiger partial charge in [-0.2, -0.15) is 9.41 Å². The van der Waals surface area contributed by atoms with Crippen LogP contribution < -0.4 is 15.6 Å². The van der Waals surface area contributed by atoms with Crippen LogP contribution in [0.15, 0.2) is 64.6 Å². The first-order chi connectivity index (χ1) is 18.5. The fourth-order valence-corrected chi connectivity index (χ4v) is 6.64. The summed E-state index contributed by atoms with van der Waals surface area (Å²) < 4.78 is 37.8. The Balaban J connectivity index is 1.23. The van der Waals surface area contributed by atoms with Crippen molar-refractivity contribution in [2.24, 2.45) is 5.10 Å². The van der Waals surface area contributed by atoms with Gasteiger partial charge in [0.15, 0.2) is 10.2 Å². The number of rotatable bonds is 7. The van der Waals surface area contributed by atoms with E-state index in [0.717, 1.165) is 34.4 Å². The Morgan fingerprint density at radius 1 is 0.974 bits per heavy atom. The minimum Gasteiger partial charge on any atom is -0.379 e. The third kappa shape index (κ3) is 6.37. The molecule has 2 N–H and O–H groups in total. The van der Waals surface area contributed by atoms with E-state index in [1.807, 2.05) is 30.3 Å². The van der Waals surface area contributed by atoms with Crippen molar-refractivity contribution < 1.29 is 17.9 Å². The van der Waals surface area contributed by atoms with Crippen molar-refractivity contribution in [2.75, 3.05) is 62.8 Å². The maximum absolute atomic E-state index is 12.8. The smallest absolute Gasteiger partial charge is 0.243 e. The molecule has 200 valence electrons. The van der Waals surface area contributed by atoms with Crippen molar-refractivity contribution in [1.29, 1.82) is 0 Å². The van der Waals surface area contributed by atoms with Gasteiger partial charge in [0.05, 0.1) is 48.1 Å². The van der Waals surface area contributed by atoms with E-state index in [1.54, 1.807) is 41.8 Å². The molecule has 2 fully saturated rings. The second kappa shape index (κ2) is 12.3. The Morgan fingerprint density at radius 3 is 2.32 bits per heavy atom. The van der Waals surface area contributed by atoms with Crippen LogP contribution in [0.4, 0.5) is 10.8 Å². The Kier molecular flexibility index (Phi) is 8.61. The van der Waals surface area contributed by atoms with Crippen molar-refractivity contribution in [3.05, 3.63) is 59.5 Å². The van der Waals surface area contributed by atoms with E-state index in [1.165, 1.54) is 4.31 Å². The molecule has 0 unspecified atom stereocenters. The van der Waals surface area contributed by atoms with Crippen LogP contribution in [0.3, 0.4) is 0 Å². The molecule has 38 heavy (non-hydrogen) atoms. The lowest BCUT2D eigenvalue weighted by molar-refractivity contribution is 0.0730. The Labute approximate surface area is 231 Å². The number of benzene rings is 2. The first-order valence-electron chi connectivity index (χ1n) is 12.2. The minimum atomic E-state index is -3.55. The summed E-state index contributed by atoms with van der Waals surface area (Å²) in [4.78, 5) is 8.26. The average Bonchev–Trinajstić information content (AvgIpc) is 3.39. The topological polar surface area (TPSA) is 108 Å². The van der Waals surface area contributed by atoms with Crippen molar-refractivity contribution >= 4 is 55.7 Å². The number of thiocarbonyl (C=S) groups is 1. The van der Waals surface area contributed by atoms with Crippen LogP contribution >= 0.6 is 23.6 Å². The molecule has 0 saturated carbocycles. The van der Waals surface area contributed by atoms with Gasteiger partial charge in [-0.3, -0.25) is 5.43 Å². The van der Waals surface area contributed by atoms with Crippen molar-refractivity contribution in [3.63, 3.8) is 0 Å². The maximum Gasteiger partial charge on any atom is 0.243 e. The van der Waals surface area contributed by atoms with Gasteiger partial charge in [0.1, 0.15) is 0 Å². The zero-order chi connectivity index (χ0) is 26.4. The first-order valence-corrected chi connectivity index (χ1v) is 14.8. The van der Waals surface area contributed by atoms with Gasteiger partial charge in [-0.05, 0) is 36.5 Å². The number of nitrogens with zero attached hydrogens (tertiary/aromatic N) is 4. The van der Waals surface area contributed by atoms with Crippen LogP contribution in [0, 0.1) is 0 Å². The molecule has 0 amide bonds. The summed E-state index contributed by atoms with van der Waals surface area (Å²) in [5.74, 6) is 0. The standard InChI is InChI=1S/C25H28N6O4S3/c32-38(33,31-12-16-35-17-13-31)21-8-6-20(7-9-21)27-24(36)29-26-18-22-23(19-4-2-1-3-5-19)28-25(37-22)30-10-14-34-15-11-30/h1-9,18H,10-17H2,(H2,27,29,36)/b26-18+. The molecule has 5 rings (SSSR count). The van der Waals surface area contributed by atoms with E-state index in [4.69, 9.17) is 26.7 Å². The van der Waals surface area contributed by atoms with Crippen LogP contribution in [0.2, 0.25) is 0 Å². The number of ether oxygens (including phenoxy) is 2. The number of hydrogen-bond acceptors (Lipinski definition) is 9. The van der Waals surface area contributed by atoms with Crippen molar-refractivity contribution in [2.45, 2.75) is 4.90 Å². The van der Waals surface area contributed by atoms with E-state index < -0.39 is 10.0 Å². The summed E-state index contributed by atoms with van der Waals surface area (Å²) >= 11 is 6.95. The van der Waals surface area contributed by atoms with E-state index >= 15 is 0 Å². The molecule has 2 aliphatic rings. The molecule has 0 bridgehead atoms. The Hall–Kier alpha value is -2.94. The maximum atomic E-state index is 12.8. The predicted octanol–water partition coefficient (Wildman–Crippen LogP) is 2.99. The van der Waals surface area contributed by atoms with Gasteiger partial charge >= 0.3 is 0 Å². The molecule has 10 nitrogen and oxygen atoms in total. The van der Waals surface area contributed by atoms with Gasteiger partial charge in [-0.25, -0.2) is 13.4 Å². The van der Waals surface area contributed by atoms with Gasteiger partial charge in [0.2, 0.25) is 10.0 Å². The first kappa shape index (κ1) is 26.7. The predicted molar refractivity (Wildman–Crippen MR) is 154 cm³/mol. The highest BCUT2D eigenvalue weighted by Crippen LogP contribution is 2.32. The summed E-state index contributed by atoms with van der Waals surface area (Å²) in [5, 5.41) is 8.58. The number of anilines is 2. The Morgan fingerprint density at radius 2 is 1.63 bits per heavy atom. The molecule has 0 atom stereocenters. The normalized spacial score (nSPS) is 17.0. The van der Waals surface area contributed by atoms with Gasteiger partial charge in [0.25, 0.3) is 0 Å². The van der Waals surface area contributed by atoms with Crippen molar-refractivity contribution in [3.8, 4) is 11.3 Å². The van der Waals surface area contributed by atoms with Crippen molar-refractivity contribution in [1.82, 2.24) is 14.7 Å². The lowest BCUT2D eigenvalue weighted by atomic mass is 10.1. The molecular formula is C25H28N6O4S3. The van der Waals surface area contributed by atoms with Gasteiger partial charge < -0.3 is 19.7 Å². The monoisotopic (exact) mass is 572 g/mol. The number of sulfonamides is 1. The lowest BCUT2D eigenvalue weighted by Crippen LogP contribution is -2.40. The summed E-state index contributed by atoms with van der Waals surface area (Å²) in [6.07, 6.45) is 1.72. The number of morpholine rings is 2. The fourth-order valence-electron chi connectivity index (χ4n) is 4.06. The van der Waals surface area contributed by atoms with Crippen LogP contribution in [0.5, 0.6) is 0 Å². The zero-order valence-corrected chi connectivity index (χ0v) is 23.0. The highest BCUT2D eigenvalue weighted by atomic mass is 32.2. The van der Waals surface area contributed by atoms with E-state index in [0.29, 0.717) is 45.2 Å². The lowest BCUT2D eigenvalue weighted by Gasteiger charge is -2.26. The molecule has 3 heterocycles. The molecule has 0 radical (unpaired) electrons. The average molecular weight is 573 g/mol. The highest BCUT2D eigenvalue weighted by Gasteiger charge is 2.26. The molecule has 2 aromatic carbocycles. The number of thiazole rings is 1. The molecule has 0 spiro atoms. The van der Waals surface area contributed by atoms with E-state index in [-0.39, 0.29) is 10.0 Å². The summed E-state index contributed by atoms with van der Waals surface area (Å²) in [6.45, 7) is 4.50. The third-order valence-electron chi connectivity index (χ3n) is 6.04. The van der Waals surface area contributed by atoms with E-state index in [2.05, 4.69) is 20.7 Å². The van der Waals surface area contributed by atoms with Gasteiger partial charge in [-0.1, -0.05) is 41.7 Å². The SMILES string of the molecule is O=S(=O)(c1ccc(NC(=S)N/N=C/c2sc(N3CCOCC3)nc2-c2ccccc2)cc1)N1CCOCC1. The molecule has 13 heteroatoms. The molecular weight excluding hydrogens is 545 g/mol. The number of hydrazone groups is 1. The number of aromatic nitrogens is 1. The second-order valence-electron chi connectivity index (χ2n) is 8.54. The summed E-state index contributed by atoms with van der Waals surface area (Å²) in [5.41, 5.74) is 5.36. The Bertz CT molecular complexity index is 1370.